The molecule has 1 aromatic heterocycles. The average Bonchev–Trinajstić information content (AvgIpc) is 3.01. The number of amides is 1. The molecule has 2 rings (SSSR count). The molecule has 4 nitrogen and oxygen atoms in total. The lowest BCUT2D eigenvalue weighted by Gasteiger charge is -2.26. The number of aromatic nitrogens is 1. The number of hydrogen-bond acceptors (Lipinski definition) is 4. The Labute approximate surface area is 106 Å². The van der Waals surface area contributed by atoms with Gasteiger partial charge in [-0.05, 0) is 26.3 Å². The van der Waals surface area contributed by atoms with E-state index in [4.69, 9.17) is 0 Å². The highest BCUT2D eigenvalue weighted by atomic mass is 32.1. The highest BCUT2D eigenvalue weighted by molar-refractivity contribution is 7.09. The van der Waals surface area contributed by atoms with Crippen LogP contribution in [0.25, 0.3) is 0 Å². The topological polar surface area (TPSA) is 54.0 Å². The van der Waals surface area contributed by atoms with Crippen LogP contribution in [0.2, 0.25) is 0 Å². The van der Waals surface area contributed by atoms with Gasteiger partial charge in [0, 0.05) is 18.1 Å². The lowest BCUT2D eigenvalue weighted by atomic mass is 9.83. The van der Waals surface area contributed by atoms with Crippen molar-refractivity contribution in [2.24, 2.45) is 5.41 Å². The van der Waals surface area contributed by atoms with Crippen LogP contribution in [0.1, 0.15) is 37.7 Å². The number of carbonyl (C=O) groups is 1. The predicted molar refractivity (Wildman–Crippen MR) is 68.9 cm³/mol. The summed E-state index contributed by atoms with van der Waals surface area (Å²) < 4.78 is 0. The summed E-state index contributed by atoms with van der Waals surface area (Å²) in [5.41, 5.74) is -0.217. The summed E-state index contributed by atoms with van der Waals surface area (Å²) in [6, 6.07) is 0.00604. The largest absolute Gasteiger partial charge is 0.347 e. The molecule has 1 fully saturated rings. The number of nitrogens with one attached hydrogen (secondary N) is 2. The quantitative estimate of drug-likeness (QED) is 0.859. The summed E-state index contributed by atoms with van der Waals surface area (Å²) in [4.78, 5) is 16.6. The summed E-state index contributed by atoms with van der Waals surface area (Å²) in [5.74, 6) is 0.160. The number of rotatable bonds is 4. The van der Waals surface area contributed by atoms with Crippen molar-refractivity contribution in [1.29, 1.82) is 0 Å². The fourth-order valence-corrected chi connectivity index (χ4v) is 2.91. The van der Waals surface area contributed by atoms with E-state index in [2.05, 4.69) is 22.5 Å². The van der Waals surface area contributed by atoms with Crippen molar-refractivity contribution in [2.75, 3.05) is 13.1 Å². The molecular formula is C12H19N3OS. The van der Waals surface area contributed by atoms with Crippen LogP contribution in [0.3, 0.4) is 0 Å². The van der Waals surface area contributed by atoms with Gasteiger partial charge in [0.15, 0.2) is 0 Å². The second kappa shape index (κ2) is 5.14. The van der Waals surface area contributed by atoms with Crippen LogP contribution in [-0.2, 0) is 4.79 Å². The van der Waals surface area contributed by atoms with Crippen molar-refractivity contribution in [1.82, 2.24) is 15.6 Å². The van der Waals surface area contributed by atoms with E-state index in [1.54, 1.807) is 17.5 Å². The van der Waals surface area contributed by atoms with E-state index in [9.17, 15) is 4.79 Å². The Balaban J connectivity index is 2.01. The maximum Gasteiger partial charge on any atom is 0.228 e. The molecule has 0 aliphatic carbocycles. The Morgan fingerprint density at radius 1 is 1.76 bits per heavy atom. The van der Waals surface area contributed by atoms with Crippen molar-refractivity contribution in [3.8, 4) is 0 Å². The molecule has 1 aliphatic rings. The van der Waals surface area contributed by atoms with Crippen LogP contribution < -0.4 is 10.6 Å². The number of carbonyl (C=O) groups excluding carboxylic acids is 1. The first-order chi connectivity index (χ1) is 8.18. The zero-order valence-corrected chi connectivity index (χ0v) is 11.1. The smallest absolute Gasteiger partial charge is 0.228 e. The Morgan fingerprint density at radius 3 is 3.12 bits per heavy atom. The standard InChI is InChI=1S/C12H19N3OS/c1-3-12(4-5-13-8-12)11(16)15-9(2)10-14-6-7-17-10/h6-7,9,13H,3-5,8H2,1-2H3,(H,15,16). The molecule has 1 saturated heterocycles. The van der Waals surface area contributed by atoms with Gasteiger partial charge in [0.2, 0.25) is 5.91 Å². The highest BCUT2D eigenvalue weighted by Gasteiger charge is 2.39. The summed E-state index contributed by atoms with van der Waals surface area (Å²) in [6.45, 7) is 5.80. The van der Waals surface area contributed by atoms with Crippen molar-refractivity contribution in [2.45, 2.75) is 32.7 Å². The van der Waals surface area contributed by atoms with Gasteiger partial charge in [-0.15, -0.1) is 11.3 Å². The molecule has 2 N–H and O–H groups in total. The number of hydrogen-bond donors (Lipinski definition) is 2. The highest BCUT2D eigenvalue weighted by Crippen LogP contribution is 2.30. The van der Waals surface area contributed by atoms with Gasteiger partial charge in [0.05, 0.1) is 11.5 Å². The van der Waals surface area contributed by atoms with E-state index in [1.807, 2.05) is 12.3 Å². The average molecular weight is 253 g/mol. The van der Waals surface area contributed by atoms with Crippen LogP contribution in [0, 0.1) is 5.41 Å². The molecule has 1 aliphatic heterocycles. The van der Waals surface area contributed by atoms with Gasteiger partial charge in [0.25, 0.3) is 0 Å². The third kappa shape index (κ3) is 2.50. The minimum absolute atomic E-state index is 0.00604. The molecule has 0 aromatic carbocycles. The van der Waals surface area contributed by atoms with E-state index < -0.39 is 0 Å². The molecule has 2 atom stereocenters. The minimum Gasteiger partial charge on any atom is -0.347 e. The second-order valence-electron chi connectivity index (χ2n) is 4.63. The molecule has 0 saturated carbocycles. The van der Waals surface area contributed by atoms with Crippen LogP contribution in [0.4, 0.5) is 0 Å². The van der Waals surface area contributed by atoms with E-state index in [-0.39, 0.29) is 17.4 Å². The van der Waals surface area contributed by atoms with Crippen LogP contribution in [0.5, 0.6) is 0 Å². The van der Waals surface area contributed by atoms with Gasteiger partial charge in [-0.25, -0.2) is 4.98 Å². The predicted octanol–water partition coefficient (Wildman–Crippen LogP) is 1.71. The fourth-order valence-electron chi connectivity index (χ4n) is 2.26. The monoisotopic (exact) mass is 253 g/mol. The van der Waals surface area contributed by atoms with Gasteiger partial charge < -0.3 is 10.6 Å². The zero-order valence-electron chi connectivity index (χ0n) is 10.3. The van der Waals surface area contributed by atoms with Crippen LogP contribution >= 0.6 is 11.3 Å². The maximum absolute atomic E-state index is 12.3. The minimum atomic E-state index is -0.217. The third-order valence-corrected chi connectivity index (χ3v) is 4.53. The Bertz CT molecular complexity index is 371. The van der Waals surface area contributed by atoms with Gasteiger partial charge in [-0.1, -0.05) is 6.92 Å². The van der Waals surface area contributed by atoms with E-state index in [0.717, 1.165) is 30.9 Å². The molecule has 0 bridgehead atoms. The summed E-state index contributed by atoms with van der Waals surface area (Å²) in [6.07, 6.45) is 3.59. The van der Waals surface area contributed by atoms with E-state index in [1.165, 1.54) is 0 Å². The Kier molecular flexibility index (Phi) is 3.79. The molecule has 2 heterocycles. The summed E-state index contributed by atoms with van der Waals surface area (Å²) in [5, 5.41) is 9.27. The SMILES string of the molecule is CCC1(C(=O)NC(C)c2nccs2)CCNC1. The lowest BCUT2D eigenvalue weighted by Crippen LogP contribution is -2.43. The van der Waals surface area contributed by atoms with Crippen LogP contribution in [0.15, 0.2) is 11.6 Å². The molecule has 0 radical (unpaired) electrons. The Hall–Kier alpha value is -0.940. The van der Waals surface area contributed by atoms with Gasteiger partial charge >= 0.3 is 0 Å². The van der Waals surface area contributed by atoms with Crippen molar-refractivity contribution < 1.29 is 4.79 Å². The zero-order chi connectivity index (χ0) is 12.3. The first-order valence-electron chi connectivity index (χ1n) is 6.09. The normalized spacial score (nSPS) is 25.8. The maximum atomic E-state index is 12.3. The van der Waals surface area contributed by atoms with E-state index >= 15 is 0 Å². The van der Waals surface area contributed by atoms with Gasteiger partial charge in [-0.2, -0.15) is 0 Å². The second-order valence-corrected chi connectivity index (χ2v) is 5.55. The molecule has 5 heteroatoms. The summed E-state index contributed by atoms with van der Waals surface area (Å²) in [7, 11) is 0. The summed E-state index contributed by atoms with van der Waals surface area (Å²) >= 11 is 1.58. The number of nitrogens with zero attached hydrogens (tertiary/aromatic N) is 1. The molecule has 1 aromatic rings. The lowest BCUT2D eigenvalue weighted by molar-refractivity contribution is -0.131. The first kappa shape index (κ1) is 12.5. The first-order valence-corrected chi connectivity index (χ1v) is 6.97. The molecule has 17 heavy (non-hydrogen) atoms. The van der Waals surface area contributed by atoms with Gasteiger partial charge in [0.1, 0.15) is 5.01 Å². The molecule has 0 spiro atoms. The molecule has 94 valence electrons. The Morgan fingerprint density at radius 2 is 2.59 bits per heavy atom. The third-order valence-electron chi connectivity index (χ3n) is 3.57. The van der Waals surface area contributed by atoms with Gasteiger partial charge in [-0.3, -0.25) is 4.79 Å². The van der Waals surface area contributed by atoms with Crippen molar-refractivity contribution in [3.63, 3.8) is 0 Å². The van der Waals surface area contributed by atoms with E-state index in [0.29, 0.717) is 0 Å². The molecule has 1 amide bonds. The van der Waals surface area contributed by atoms with Crippen LogP contribution in [-0.4, -0.2) is 24.0 Å². The number of thiazole rings is 1. The molecular weight excluding hydrogens is 234 g/mol. The fraction of sp³-hybridized carbons (Fsp3) is 0.667. The molecule has 2 unspecified atom stereocenters. The van der Waals surface area contributed by atoms with Crippen molar-refractivity contribution in [3.05, 3.63) is 16.6 Å². The van der Waals surface area contributed by atoms with Crippen molar-refractivity contribution >= 4 is 17.2 Å².